The van der Waals surface area contributed by atoms with E-state index in [0.29, 0.717) is 19.6 Å². The Hall–Kier alpha value is -3.81. The maximum Gasteiger partial charge on any atom is 0.325 e. The number of amides is 4. The Balaban J connectivity index is 1.36. The number of carbonyl (C=O) groups is 3. The lowest BCUT2D eigenvalue weighted by atomic mass is 10.1. The maximum atomic E-state index is 12.8. The van der Waals surface area contributed by atoms with Crippen LogP contribution >= 0.6 is 0 Å². The van der Waals surface area contributed by atoms with Gasteiger partial charge in [0.2, 0.25) is 5.91 Å². The Kier molecular flexibility index (Phi) is 6.11. The second-order valence-electron chi connectivity index (χ2n) is 7.82. The Labute approximate surface area is 186 Å². The number of likely N-dealkylation sites (N-methyl/N-ethyl adjacent to an activating group) is 1. The molecule has 0 radical (unpaired) electrons. The molecule has 3 aromatic rings. The van der Waals surface area contributed by atoms with Crippen LogP contribution in [0.1, 0.15) is 18.1 Å². The predicted molar refractivity (Wildman–Crippen MR) is 120 cm³/mol. The monoisotopic (exact) mass is 434 g/mol. The van der Waals surface area contributed by atoms with Crippen molar-refractivity contribution in [2.75, 3.05) is 20.2 Å². The standard InChI is InChI=1S/C24H26N4O4/c1-3-32-18-10-8-16(9-11-18)14-27(2)22(29)15-28-23(30)21(26-24(28)31)12-17-13-25-20-7-5-4-6-19(17)20/h4-11,13,21,25H,3,12,14-15H2,1-2H3,(H,26,31). The zero-order chi connectivity index (χ0) is 22.7. The summed E-state index contributed by atoms with van der Waals surface area (Å²) in [4.78, 5) is 43.6. The topological polar surface area (TPSA) is 94.7 Å². The van der Waals surface area contributed by atoms with Crippen LogP contribution in [0.25, 0.3) is 10.9 Å². The first kappa shape index (κ1) is 21.4. The number of nitrogens with one attached hydrogen (secondary N) is 2. The number of hydrogen-bond acceptors (Lipinski definition) is 4. The number of aromatic nitrogens is 1. The van der Waals surface area contributed by atoms with Crippen molar-refractivity contribution < 1.29 is 19.1 Å². The van der Waals surface area contributed by atoms with Crippen LogP contribution in [0, 0.1) is 0 Å². The van der Waals surface area contributed by atoms with Gasteiger partial charge < -0.3 is 19.9 Å². The van der Waals surface area contributed by atoms with E-state index < -0.39 is 12.1 Å². The van der Waals surface area contributed by atoms with Gasteiger partial charge in [-0.3, -0.25) is 14.5 Å². The molecule has 2 aromatic carbocycles. The molecular formula is C24H26N4O4. The van der Waals surface area contributed by atoms with Crippen molar-refractivity contribution in [1.29, 1.82) is 0 Å². The number of para-hydroxylation sites is 1. The molecule has 8 heteroatoms. The predicted octanol–water partition coefficient (Wildman–Crippen LogP) is 2.69. The summed E-state index contributed by atoms with van der Waals surface area (Å²) in [5, 5.41) is 3.72. The van der Waals surface area contributed by atoms with Gasteiger partial charge in [-0.1, -0.05) is 30.3 Å². The van der Waals surface area contributed by atoms with E-state index >= 15 is 0 Å². The minimum Gasteiger partial charge on any atom is -0.494 e. The Morgan fingerprint density at radius 1 is 1.12 bits per heavy atom. The Bertz CT molecular complexity index is 1140. The molecule has 0 spiro atoms. The fraction of sp³-hybridized carbons (Fsp3) is 0.292. The summed E-state index contributed by atoms with van der Waals surface area (Å²) in [6, 6.07) is 14.0. The third kappa shape index (κ3) is 4.44. The number of benzene rings is 2. The Morgan fingerprint density at radius 3 is 2.62 bits per heavy atom. The highest BCUT2D eigenvalue weighted by atomic mass is 16.5. The molecule has 0 aliphatic carbocycles. The summed E-state index contributed by atoms with van der Waals surface area (Å²) in [7, 11) is 1.65. The number of H-pyrrole nitrogens is 1. The molecule has 4 amide bonds. The molecule has 1 aliphatic heterocycles. The number of carbonyl (C=O) groups excluding carboxylic acids is 3. The van der Waals surface area contributed by atoms with E-state index in [9.17, 15) is 14.4 Å². The minimum absolute atomic E-state index is 0.289. The van der Waals surface area contributed by atoms with Gasteiger partial charge in [-0.25, -0.2) is 4.79 Å². The highest BCUT2D eigenvalue weighted by Gasteiger charge is 2.39. The largest absolute Gasteiger partial charge is 0.494 e. The van der Waals surface area contributed by atoms with Crippen molar-refractivity contribution in [3.63, 3.8) is 0 Å². The molecule has 1 unspecified atom stereocenters. The van der Waals surface area contributed by atoms with Crippen molar-refractivity contribution in [2.45, 2.75) is 25.9 Å². The van der Waals surface area contributed by atoms with Gasteiger partial charge >= 0.3 is 6.03 Å². The fourth-order valence-corrected chi connectivity index (χ4v) is 3.86. The van der Waals surface area contributed by atoms with Crippen LogP contribution in [0.15, 0.2) is 54.7 Å². The average Bonchev–Trinajstić information content (AvgIpc) is 3.31. The summed E-state index contributed by atoms with van der Waals surface area (Å²) >= 11 is 0. The molecular weight excluding hydrogens is 408 g/mol. The second-order valence-corrected chi connectivity index (χ2v) is 7.82. The van der Waals surface area contributed by atoms with Crippen molar-refractivity contribution in [1.82, 2.24) is 20.1 Å². The minimum atomic E-state index is -0.689. The van der Waals surface area contributed by atoms with E-state index in [2.05, 4.69) is 10.3 Å². The third-order valence-electron chi connectivity index (χ3n) is 5.58. The molecule has 1 saturated heterocycles. The van der Waals surface area contributed by atoms with Gasteiger partial charge in [-0.05, 0) is 36.2 Å². The normalized spacial score (nSPS) is 15.8. The highest BCUT2D eigenvalue weighted by molar-refractivity contribution is 6.06. The van der Waals surface area contributed by atoms with Gasteiger partial charge in [0.1, 0.15) is 18.3 Å². The summed E-state index contributed by atoms with van der Waals surface area (Å²) in [6.45, 7) is 2.59. The fourth-order valence-electron chi connectivity index (χ4n) is 3.86. The first-order valence-electron chi connectivity index (χ1n) is 10.6. The van der Waals surface area contributed by atoms with E-state index in [1.165, 1.54) is 4.90 Å². The summed E-state index contributed by atoms with van der Waals surface area (Å²) < 4.78 is 5.43. The van der Waals surface area contributed by atoms with Gasteiger partial charge in [0.05, 0.1) is 6.61 Å². The SMILES string of the molecule is CCOc1ccc(CN(C)C(=O)CN2C(=O)NC(Cc3c[nH]c4ccccc34)C2=O)cc1. The van der Waals surface area contributed by atoms with Crippen LogP contribution in [-0.4, -0.2) is 58.9 Å². The average molecular weight is 434 g/mol. The lowest BCUT2D eigenvalue weighted by Crippen LogP contribution is -2.41. The van der Waals surface area contributed by atoms with E-state index in [-0.39, 0.29) is 18.4 Å². The van der Waals surface area contributed by atoms with E-state index in [1.807, 2.05) is 61.7 Å². The Morgan fingerprint density at radius 2 is 1.88 bits per heavy atom. The zero-order valence-electron chi connectivity index (χ0n) is 18.1. The zero-order valence-corrected chi connectivity index (χ0v) is 18.1. The number of rotatable bonds is 8. The lowest BCUT2D eigenvalue weighted by Gasteiger charge is -2.20. The number of ether oxygens (including phenoxy) is 1. The smallest absolute Gasteiger partial charge is 0.325 e. The molecule has 4 rings (SSSR count). The molecule has 1 fully saturated rings. The summed E-state index contributed by atoms with van der Waals surface area (Å²) in [5.41, 5.74) is 2.85. The van der Waals surface area contributed by atoms with Gasteiger partial charge in [-0.2, -0.15) is 0 Å². The summed E-state index contributed by atoms with van der Waals surface area (Å²) in [6.07, 6.45) is 2.21. The number of fused-ring (bicyclic) bond motifs is 1. The summed E-state index contributed by atoms with van der Waals surface area (Å²) in [5.74, 6) is 0.0732. The van der Waals surface area contributed by atoms with Crippen molar-refractivity contribution in [2.24, 2.45) is 0 Å². The van der Waals surface area contributed by atoms with E-state index in [1.54, 1.807) is 7.05 Å². The molecule has 0 saturated carbocycles. The van der Waals surface area contributed by atoms with Crippen LogP contribution in [0.4, 0.5) is 4.79 Å². The van der Waals surface area contributed by atoms with Crippen molar-refractivity contribution in [3.05, 3.63) is 65.9 Å². The van der Waals surface area contributed by atoms with Crippen LogP contribution in [0.2, 0.25) is 0 Å². The molecule has 8 nitrogen and oxygen atoms in total. The number of urea groups is 1. The number of imide groups is 1. The van der Waals surface area contributed by atoms with Crippen LogP contribution in [-0.2, 0) is 22.6 Å². The van der Waals surface area contributed by atoms with E-state index in [0.717, 1.165) is 32.7 Å². The number of hydrogen-bond donors (Lipinski definition) is 2. The lowest BCUT2D eigenvalue weighted by molar-refractivity contribution is -0.136. The van der Waals surface area contributed by atoms with E-state index in [4.69, 9.17) is 4.74 Å². The molecule has 1 aromatic heterocycles. The first-order chi connectivity index (χ1) is 15.5. The third-order valence-corrected chi connectivity index (χ3v) is 5.58. The van der Waals surface area contributed by atoms with Crippen LogP contribution in [0.5, 0.6) is 5.75 Å². The second kappa shape index (κ2) is 9.13. The molecule has 0 bridgehead atoms. The number of aromatic amines is 1. The van der Waals surface area contributed by atoms with Gasteiger partial charge in [0.15, 0.2) is 0 Å². The molecule has 1 aliphatic rings. The quantitative estimate of drug-likeness (QED) is 0.533. The molecule has 2 N–H and O–H groups in total. The van der Waals surface area contributed by atoms with Gasteiger partial charge in [0.25, 0.3) is 5.91 Å². The molecule has 2 heterocycles. The van der Waals surface area contributed by atoms with Crippen molar-refractivity contribution in [3.8, 4) is 5.75 Å². The van der Waals surface area contributed by atoms with Crippen LogP contribution in [0.3, 0.4) is 0 Å². The van der Waals surface area contributed by atoms with Gasteiger partial charge in [0, 0.05) is 37.1 Å². The number of nitrogens with zero attached hydrogens (tertiary/aromatic N) is 2. The first-order valence-corrected chi connectivity index (χ1v) is 10.6. The van der Waals surface area contributed by atoms with Gasteiger partial charge in [-0.15, -0.1) is 0 Å². The van der Waals surface area contributed by atoms with Crippen LogP contribution < -0.4 is 10.1 Å². The molecule has 1 atom stereocenters. The highest BCUT2D eigenvalue weighted by Crippen LogP contribution is 2.21. The van der Waals surface area contributed by atoms with Crippen molar-refractivity contribution >= 4 is 28.7 Å². The molecule has 166 valence electrons. The molecule has 32 heavy (non-hydrogen) atoms. The maximum absolute atomic E-state index is 12.8.